The van der Waals surface area contributed by atoms with Gasteiger partial charge < -0.3 is 10.1 Å². The molecule has 2 N–H and O–H groups in total. The highest BCUT2D eigenvalue weighted by atomic mass is 32.1. The molecule has 4 nitrogen and oxygen atoms in total. The van der Waals surface area contributed by atoms with Gasteiger partial charge in [-0.3, -0.25) is 4.79 Å². The molecule has 0 spiro atoms. The Labute approximate surface area is 128 Å². The van der Waals surface area contributed by atoms with Crippen molar-refractivity contribution in [3.05, 3.63) is 51.6 Å². The van der Waals surface area contributed by atoms with Gasteiger partial charge in [0.05, 0.1) is 17.4 Å². The summed E-state index contributed by atoms with van der Waals surface area (Å²) >= 11 is 1.11. The number of ketones is 1. The molecule has 114 valence electrons. The van der Waals surface area contributed by atoms with Gasteiger partial charge in [-0.1, -0.05) is 6.92 Å². The quantitative estimate of drug-likeness (QED) is 0.722. The van der Waals surface area contributed by atoms with E-state index in [2.05, 4.69) is 9.97 Å². The molecule has 0 saturated carbocycles. The number of nitrogens with one attached hydrogen (secondary N) is 1. The topological polar surface area (TPSA) is 66.0 Å². The van der Waals surface area contributed by atoms with Crippen LogP contribution in [0.3, 0.4) is 0 Å². The van der Waals surface area contributed by atoms with Crippen molar-refractivity contribution in [1.82, 2.24) is 9.97 Å². The molecule has 0 aliphatic rings. The zero-order valence-corrected chi connectivity index (χ0v) is 12.4. The van der Waals surface area contributed by atoms with Crippen LogP contribution in [0.4, 0.5) is 8.78 Å². The normalized spacial score (nSPS) is 12.7. The average Bonchev–Trinajstić information content (AvgIpc) is 3.13. The number of nitrogens with zero attached hydrogens (tertiary/aromatic N) is 1. The monoisotopic (exact) mass is 322 g/mol. The Kier molecular flexibility index (Phi) is 3.76. The lowest BCUT2D eigenvalue weighted by atomic mass is 10.1. The van der Waals surface area contributed by atoms with Crippen molar-refractivity contribution in [3.8, 4) is 0 Å². The first-order valence-corrected chi connectivity index (χ1v) is 7.53. The minimum atomic E-state index is -1.01. The van der Waals surface area contributed by atoms with Gasteiger partial charge in [0.2, 0.25) is 5.78 Å². The number of hydrogen-bond acceptors (Lipinski definition) is 4. The Morgan fingerprint density at radius 2 is 2.14 bits per heavy atom. The van der Waals surface area contributed by atoms with Crippen molar-refractivity contribution in [3.63, 3.8) is 0 Å². The maximum Gasteiger partial charge on any atom is 0.223 e. The van der Waals surface area contributed by atoms with Gasteiger partial charge in [-0.05, 0) is 12.5 Å². The third kappa shape index (κ3) is 2.42. The SMILES string of the molecule is CC[C@@H](O)c1csc(C(=O)c2c[nH]c3cc(F)c(F)cc23)n1. The molecule has 0 bridgehead atoms. The van der Waals surface area contributed by atoms with Crippen molar-refractivity contribution in [2.24, 2.45) is 0 Å². The number of carbonyl (C=O) groups is 1. The van der Waals surface area contributed by atoms with Crippen molar-refractivity contribution >= 4 is 28.0 Å². The Bertz CT molecular complexity index is 856. The first-order chi connectivity index (χ1) is 10.5. The molecule has 0 unspecified atom stereocenters. The van der Waals surface area contributed by atoms with E-state index in [0.29, 0.717) is 23.0 Å². The first-order valence-electron chi connectivity index (χ1n) is 6.65. The van der Waals surface area contributed by atoms with Crippen LogP contribution < -0.4 is 0 Å². The molecule has 0 fully saturated rings. The van der Waals surface area contributed by atoms with E-state index < -0.39 is 23.5 Å². The Balaban J connectivity index is 2.02. The molecule has 0 aliphatic heterocycles. The van der Waals surface area contributed by atoms with Crippen LogP contribution in [0, 0.1) is 11.6 Å². The van der Waals surface area contributed by atoms with E-state index in [-0.39, 0.29) is 10.6 Å². The number of carbonyl (C=O) groups excluding carboxylic acids is 1. The van der Waals surface area contributed by atoms with Crippen LogP contribution in [0.2, 0.25) is 0 Å². The molecule has 0 aliphatic carbocycles. The second-order valence-corrected chi connectivity index (χ2v) is 5.70. The highest BCUT2D eigenvalue weighted by Crippen LogP contribution is 2.26. The Morgan fingerprint density at radius 3 is 2.86 bits per heavy atom. The van der Waals surface area contributed by atoms with Gasteiger partial charge in [0.15, 0.2) is 16.6 Å². The number of H-pyrrole nitrogens is 1. The highest BCUT2D eigenvalue weighted by Gasteiger charge is 2.20. The molecular weight excluding hydrogens is 310 g/mol. The summed E-state index contributed by atoms with van der Waals surface area (Å²) in [7, 11) is 0. The number of rotatable bonds is 4. The van der Waals surface area contributed by atoms with E-state index in [9.17, 15) is 18.7 Å². The third-order valence-corrected chi connectivity index (χ3v) is 4.27. The second kappa shape index (κ2) is 5.58. The number of aliphatic hydroxyl groups excluding tert-OH is 1. The minimum Gasteiger partial charge on any atom is -0.387 e. The molecule has 0 saturated heterocycles. The number of aromatic amines is 1. The molecule has 1 atom stereocenters. The van der Waals surface area contributed by atoms with E-state index >= 15 is 0 Å². The summed E-state index contributed by atoms with van der Waals surface area (Å²) in [4.78, 5) is 19.3. The van der Waals surface area contributed by atoms with E-state index in [4.69, 9.17) is 0 Å². The van der Waals surface area contributed by atoms with E-state index in [0.717, 1.165) is 23.5 Å². The summed E-state index contributed by atoms with van der Waals surface area (Å²) in [6.07, 6.45) is 1.19. The van der Waals surface area contributed by atoms with Gasteiger partial charge in [0.1, 0.15) is 0 Å². The number of aliphatic hydroxyl groups is 1. The molecule has 0 amide bonds. The number of hydrogen-bond donors (Lipinski definition) is 2. The Morgan fingerprint density at radius 1 is 1.41 bits per heavy atom. The molecule has 7 heteroatoms. The van der Waals surface area contributed by atoms with Gasteiger partial charge in [-0.15, -0.1) is 11.3 Å². The molecular formula is C15H12F2N2O2S. The first kappa shape index (κ1) is 14.8. The summed E-state index contributed by atoms with van der Waals surface area (Å²) in [6, 6.07) is 2.00. The van der Waals surface area contributed by atoms with Gasteiger partial charge >= 0.3 is 0 Å². The summed E-state index contributed by atoms with van der Waals surface area (Å²) in [5.41, 5.74) is 1.00. The maximum absolute atomic E-state index is 13.4. The largest absolute Gasteiger partial charge is 0.387 e. The van der Waals surface area contributed by atoms with Crippen molar-refractivity contribution in [1.29, 1.82) is 0 Å². The van der Waals surface area contributed by atoms with Gasteiger partial charge in [0.25, 0.3) is 0 Å². The van der Waals surface area contributed by atoms with Crippen LogP contribution in [0.15, 0.2) is 23.7 Å². The van der Waals surface area contributed by atoms with Crippen LogP contribution in [0.5, 0.6) is 0 Å². The lowest BCUT2D eigenvalue weighted by molar-refractivity contribution is 0.103. The van der Waals surface area contributed by atoms with E-state index in [1.807, 2.05) is 6.92 Å². The number of aromatic nitrogens is 2. The summed E-state index contributed by atoms with van der Waals surface area (Å²) in [5.74, 6) is -2.38. The molecule has 2 aromatic heterocycles. The van der Waals surface area contributed by atoms with Crippen LogP contribution in [0.1, 0.15) is 40.5 Å². The van der Waals surface area contributed by atoms with Gasteiger partial charge in [-0.25, -0.2) is 13.8 Å². The number of benzene rings is 1. The van der Waals surface area contributed by atoms with Crippen molar-refractivity contribution in [2.45, 2.75) is 19.4 Å². The predicted octanol–water partition coefficient (Wildman–Crippen LogP) is 3.58. The minimum absolute atomic E-state index is 0.202. The fourth-order valence-corrected chi connectivity index (χ4v) is 2.99. The summed E-state index contributed by atoms with van der Waals surface area (Å²) in [6.45, 7) is 1.81. The van der Waals surface area contributed by atoms with Gasteiger partial charge in [-0.2, -0.15) is 0 Å². The zero-order chi connectivity index (χ0) is 15.9. The smallest absolute Gasteiger partial charge is 0.223 e. The van der Waals surface area contributed by atoms with Crippen molar-refractivity contribution < 1.29 is 18.7 Å². The number of fused-ring (bicyclic) bond motifs is 1. The summed E-state index contributed by atoms with van der Waals surface area (Å²) < 4.78 is 26.6. The van der Waals surface area contributed by atoms with Crippen molar-refractivity contribution in [2.75, 3.05) is 0 Å². The van der Waals surface area contributed by atoms with Gasteiger partial charge in [0, 0.05) is 28.5 Å². The molecule has 2 heterocycles. The second-order valence-electron chi connectivity index (χ2n) is 4.84. The summed E-state index contributed by atoms with van der Waals surface area (Å²) in [5, 5.41) is 11.9. The third-order valence-electron chi connectivity index (χ3n) is 3.41. The van der Waals surface area contributed by atoms with Crippen LogP contribution in [-0.4, -0.2) is 20.9 Å². The van der Waals surface area contributed by atoms with E-state index in [1.165, 1.54) is 6.20 Å². The zero-order valence-electron chi connectivity index (χ0n) is 11.6. The standard InChI is InChI=1S/C15H12F2N2O2S/c1-2-13(20)12-6-22-15(19-12)14(21)8-5-18-11-4-10(17)9(16)3-7(8)11/h3-6,13,18,20H,2H2,1H3/t13-/m1/s1. The van der Waals surface area contributed by atoms with Crippen LogP contribution >= 0.6 is 11.3 Å². The number of thiazole rings is 1. The molecule has 3 rings (SSSR count). The Hall–Kier alpha value is -2.12. The van der Waals surface area contributed by atoms with Crippen LogP contribution in [0.25, 0.3) is 10.9 Å². The molecule has 3 aromatic rings. The maximum atomic E-state index is 13.4. The molecule has 0 radical (unpaired) electrons. The average molecular weight is 322 g/mol. The fourth-order valence-electron chi connectivity index (χ4n) is 2.17. The molecule has 1 aromatic carbocycles. The lowest BCUT2D eigenvalue weighted by Gasteiger charge is -2.01. The van der Waals surface area contributed by atoms with Crippen LogP contribution in [-0.2, 0) is 0 Å². The highest BCUT2D eigenvalue weighted by molar-refractivity contribution is 7.12. The van der Waals surface area contributed by atoms with E-state index in [1.54, 1.807) is 5.38 Å². The molecule has 22 heavy (non-hydrogen) atoms. The fraction of sp³-hybridized carbons (Fsp3) is 0.200. The number of halogens is 2. The predicted molar refractivity (Wildman–Crippen MR) is 79.0 cm³/mol. The lowest BCUT2D eigenvalue weighted by Crippen LogP contribution is -2.02.